The van der Waals surface area contributed by atoms with E-state index >= 15 is 0 Å². The summed E-state index contributed by atoms with van der Waals surface area (Å²) in [4.78, 5) is 12.0. The molecule has 0 spiro atoms. The smallest absolute Gasteiger partial charge is 0.251 e. The molecule has 0 saturated heterocycles. The van der Waals surface area contributed by atoms with Crippen LogP contribution in [0.5, 0.6) is 5.75 Å². The summed E-state index contributed by atoms with van der Waals surface area (Å²) >= 11 is 1.73. The first-order valence-electron chi connectivity index (χ1n) is 7.33. The van der Waals surface area contributed by atoms with Crippen molar-refractivity contribution in [2.75, 3.05) is 31.3 Å². The Kier molecular flexibility index (Phi) is 8.94. The monoisotopic (exact) mass is 311 g/mol. The van der Waals surface area contributed by atoms with Crippen LogP contribution in [0.4, 0.5) is 0 Å². The Morgan fingerprint density at radius 2 is 2.19 bits per heavy atom. The van der Waals surface area contributed by atoms with Crippen molar-refractivity contribution in [2.24, 2.45) is 5.92 Å². The van der Waals surface area contributed by atoms with Gasteiger partial charge in [-0.2, -0.15) is 11.8 Å². The lowest BCUT2D eigenvalue weighted by Gasteiger charge is -2.10. The molecule has 1 rings (SSSR count). The Labute approximate surface area is 131 Å². The summed E-state index contributed by atoms with van der Waals surface area (Å²) in [6.07, 6.45) is 0.799. The summed E-state index contributed by atoms with van der Waals surface area (Å²) in [5, 5.41) is 11.6. The molecule has 118 valence electrons. The van der Waals surface area contributed by atoms with Crippen molar-refractivity contribution in [3.05, 3.63) is 29.8 Å². The van der Waals surface area contributed by atoms with Crippen molar-refractivity contribution in [3.63, 3.8) is 0 Å². The summed E-state index contributed by atoms with van der Waals surface area (Å²) in [5.41, 5.74) is 0.622. The fourth-order valence-electron chi connectivity index (χ4n) is 1.60. The van der Waals surface area contributed by atoms with Gasteiger partial charge in [0.05, 0.1) is 6.61 Å². The molecule has 2 N–H and O–H groups in total. The molecule has 0 saturated carbocycles. The predicted molar refractivity (Wildman–Crippen MR) is 88.1 cm³/mol. The summed E-state index contributed by atoms with van der Waals surface area (Å²) in [6.45, 7) is 5.68. The summed E-state index contributed by atoms with van der Waals surface area (Å²) in [7, 11) is 0. The van der Waals surface area contributed by atoms with Crippen LogP contribution in [0.1, 0.15) is 30.6 Å². The highest BCUT2D eigenvalue weighted by Crippen LogP contribution is 2.14. The van der Waals surface area contributed by atoms with Crippen LogP contribution in [-0.2, 0) is 0 Å². The van der Waals surface area contributed by atoms with Crippen LogP contribution in [0.2, 0.25) is 0 Å². The summed E-state index contributed by atoms with van der Waals surface area (Å²) in [5.74, 6) is 2.89. The molecule has 0 fully saturated rings. The molecule has 1 amide bonds. The van der Waals surface area contributed by atoms with Crippen molar-refractivity contribution in [2.45, 2.75) is 20.3 Å². The van der Waals surface area contributed by atoms with E-state index in [1.807, 2.05) is 12.1 Å². The van der Waals surface area contributed by atoms with E-state index in [0.717, 1.165) is 23.7 Å². The highest BCUT2D eigenvalue weighted by Gasteiger charge is 2.06. The van der Waals surface area contributed by atoms with Crippen LogP contribution < -0.4 is 10.1 Å². The highest BCUT2D eigenvalue weighted by atomic mass is 32.2. The van der Waals surface area contributed by atoms with E-state index in [1.165, 1.54) is 0 Å². The van der Waals surface area contributed by atoms with Gasteiger partial charge in [-0.05, 0) is 36.3 Å². The van der Waals surface area contributed by atoms with Crippen molar-refractivity contribution in [1.29, 1.82) is 0 Å². The molecule has 0 radical (unpaired) electrons. The van der Waals surface area contributed by atoms with Gasteiger partial charge in [-0.25, -0.2) is 0 Å². The maximum Gasteiger partial charge on any atom is 0.251 e. The average molecular weight is 311 g/mol. The van der Waals surface area contributed by atoms with Crippen molar-refractivity contribution in [3.8, 4) is 5.75 Å². The largest absolute Gasteiger partial charge is 0.493 e. The molecule has 4 nitrogen and oxygen atoms in total. The zero-order valence-corrected chi connectivity index (χ0v) is 13.6. The Balaban J connectivity index is 2.34. The minimum absolute atomic E-state index is 0.0762. The van der Waals surface area contributed by atoms with E-state index in [4.69, 9.17) is 9.84 Å². The summed E-state index contributed by atoms with van der Waals surface area (Å²) in [6, 6.07) is 7.26. The SMILES string of the molecule is CC(C)COc1cccc(C(=O)NCCSCCCO)c1. The number of aliphatic hydroxyl groups excluding tert-OH is 1. The van der Waals surface area contributed by atoms with Gasteiger partial charge in [0.15, 0.2) is 0 Å². The van der Waals surface area contributed by atoms with Crippen LogP contribution in [0.15, 0.2) is 24.3 Å². The van der Waals surface area contributed by atoms with E-state index in [2.05, 4.69) is 19.2 Å². The molecule has 5 heteroatoms. The number of thioether (sulfide) groups is 1. The number of carbonyl (C=O) groups is 1. The Morgan fingerprint density at radius 1 is 1.38 bits per heavy atom. The number of hydrogen-bond donors (Lipinski definition) is 2. The first kappa shape index (κ1) is 17.9. The van der Waals surface area contributed by atoms with Crippen LogP contribution >= 0.6 is 11.8 Å². The Bertz CT molecular complexity index is 424. The summed E-state index contributed by atoms with van der Waals surface area (Å²) < 4.78 is 5.62. The molecule has 0 aromatic heterocycles. The third-order valence-corrected chi connectivity index (χ3v) is 3.73. The first-order chi connectivity index (χ1) is 10.1. The van der Waals surface area contributed by atoms with Crippen molar-refractivity contribution >= 4 is 17.7 Å². The Hall–Kier alpha value is -1.20. The van der Waals surface area contributed by atoms with Crippen LogP contribution in [0.3, 0.4) is 0 Å². The minimum Gasteiger partial charge on any atom is -0.493 e. The van der Waals surface area contributed by atoms with Gasteiger partial charge in [0.25, 0.3) is 5.91 Å². The standard InChI is InChI=1S/C16H25NO3S/c1-13(2)12-20-15-6-3-5-14(11-15)16(19)17-7-10-21-9-4-8-18/h3,5-6,11,13,18H,4,7-10,12H2,1-2H3,(H,17,19). The van der Waals surface area contributed by atoms with E-state index < -0.39 is 0 Å². The lowest BCUT2D eigenvalue weighted by atomic mass is 10.2. The third-order valence-electron chi connectivity index (χ3n) is 2.66. The molecule has 0 unspecified atom stereocenters. The third kappa shape index (κ3) is 7.97. The topological polar surface area (TPSA) is 58.6 Å². The maximum atomic E-state index is 12.0. The molecule has 0 heterocycles. The average Bonchev–Trinajstić information content (AvgIpc) is 2.48. The number of carbonyl (C=O) groups excluding carboxylic acids is 1. The quantitative estimate of drug-likeness (QED) is 0.652. The van der Waals surface area contributed by atoms with Crippen molar-refractivity contribution < 1.29 is 14.6 Å². The number of amides is 1. The molecule has 0 aliphatic heterocycles. The minimum atomic E-state index is -0.0762. The molecule has 0 atom stereocenters. The molecule has 1 aromatic rings. The van der Waals surface area contributed by atoms with E-state index in [9.17, 15) is 4.79 Å². The fraction of sp³-hybridized carbons (Fsp3) is 0.562. The van der Waals surface area contributed by atoms with Gasteiger partial charge in [0.2, 0.25) is 0 Å². The Morgan fingerprint density at radius 3 is 2.90 bits per heavy atom. The van der Waals surface area contributed by atoms with E-state index in [1.54, 1.807) is 23.9 Å². The number of nitrogens with one attached hydrogen (secondary N) is 1. The van der Waals surface area contributed by atoms with Crippen LogP contribution in [0, 0.1) is 5.92 Å². The van der Waals surface area contributed by atoms with Gasteiger partial charge in [0.1, 0.15) is 5.75 Å². The molecule has 0 aliphatic rings. The molecule has 21 heavy (non-hydrogen) atoms. The molecule has 0 bridgehead atoms. The normalized spacial score (nSPS) is 10.7. The van der Waals surface area contributed by atoms with E-state index in [0.29, 0.717) is 24.6 Å². The van der Waals surface area contributed by atoms with Gasteiger partial charge in [-0.15, -0.1) is 0 Å². The van der Waals surface area contributed by atoms with Gasteiger partial charge in [0, 0.05) is 24.5 Å². The number of benzene rings is 1. The zero-order chi connectivity index (χ0) is 15.5. The molecular weight excluding hydrogens is 286 g/mol. The van der Waals surface area contributed by atoms with Gasteiger partial charge in [-0.3, -0.25) is 4.79 Å². The maximum absolute atomic E-state index is 12.0. The number of ether oxygens (including phenoxy) is 1. The molecule has 1 aromatic carbocycles. The lowest BCUT2D eigenvalue weighted by Crippen LogP contribution is -2.25. The number of hydrogen-bond acceptors (Lipinski definition) is 4. The van der Waals surface area contributed by atoms with E-state index in [-0.39, 0.29) is 12.5 Å². The second-order valence-electron chi connectivity index (χ2n) is 5.18. The van der Waals surface area contributed by atoms with Crippen LogP contribution in [-0.4, -0.2) is 42.3 Å². The highest BCUT2D eigenvalue weighted by molar-refractivity contribution is 7.99. The van der Waals surface area contributed by atoms with Crippen molar-refractivity contribution in [1.82, 2.24) is 5.32 Å². The lowest BCUT2D eigenvalue weighted by molar-refractivity contribution is 0.0955. The number of rotatable bonds is 10. The zero-order valence-electron chi connectivity index (χ0n) is 12.8. The second-order valence-corrected chi connectivity index (χ2v) is 6.40. The van der Waals surface area contributed by atoms with Gasteiger partial charge in [-0.1, -0.05) is 19.9 Å². The predicted octanol–water partition coefficient (Wildman–Crippen LogP) is 2.57. The molecule has 0 aliphatic carbocycles. The fourth-order valence-corrected chi connectivity index (χ4v) is 2.38. The number of aliphatic hydroxyl groups is 1. The molecular formula is C16H25NO3S. The van der Waals surface area contributed by atoms with Crippen LogP contribution in [0.25, 0.3) is 0 Å². The van der Waals surface area contributed by atoms with Gasteiger partial charge >= 0.3 is 0 Å². The second kappa shape index (κ2) is 10.5. The first-order valence-corrected chi connectivity index (χ1v) is 8.48. The van der Waals surface area contributed by atoms with Gasteiger partial charge < -0.3 is 15.2 Å².